The molecule has 2 rings (SSSR count). The van der Waals surface area contributed by atoms with Crippen molar-refractivity contribution in [3.63, 3.8) is 0 Å². The molecule has 0 radical (unpaired) electrons. The van der Waals surface area contributed by atoms with E-state index in [0.717, 1.165) is 0 Å². The smallest absolute Gasteiger partial charge is 0.0228 e. The Morgan fingerprint density at radius 3 is 2.33 bits per heavy atom. The molecule has 0 fully saturated rings. The molecule has 0 aliphatic carbocycles. The highest BCUT2D eigenvalue weighted by atomic mass is 14.7. The lowest BCUT2D eigenvalue weighted by atomic mass is 10.1. The Kier molecular flexibility index (Phi) is 4.86. The average Bonchev–Trinajstić information content (AvgIpc) is 2.71. The minimum atomic E-state index is 1.19. The fourth-order valence-corrected chi connectivity index (χ4v) is 2.71. The molecule has 2 aromatic rings. The third-order valence-corrected chi connectivity index (χ3v) is 3.77. The predicted octanol–water partition coefficient (Wildman–Crippen LogP) is 5.38. The lowest BCUT2D eigenvalue weighted by Gasteiger charge is -2.01. The monoisotopic (exact) mass is 243 g/mol. The van der Waals surface area contributed by atoms with Crippen LogP contribution in [0.4, 0.5) is 0 Å². The van der Waals surface area contributed by atoms with Gasteiger partial charge < -0.3 is 4.98 Å². The second kappa shape index (κ2) is 6.63. The molecule has 1 nitrogen and oxygen atoms in total. The van der Waals surface area contributed by atoms with Gasteiger partial charge in [0.05, 0.1) is 0 Å². The number of H-pyrrole nitrogens is 1. The fourth-order valence-electron chi connectivity index (χ4n) is 2.71. The minimum Gasteiger partial charge on any atom is -0.361 e. The molecule has 1 aromatic carbocycles. The molecule has 0 bridgehead atoms. The van der Waals surface area contributed by atoms with Crippen LogP contribution in [-0.4, -0.2) is 4.98 Å². The van der Waals surface area contributed by atoms with Crippen LogP contribution in [-0.2, 0) is 6.42 Å². The molecule has 0 saturated carbocycles. The molecule has 1 heteroatoms. The average molecular weight is 243 g/mol. The predicted molar refractivity (Wildman–Crippen MR) is 80.1 cm³/mol. The maximum absolute atomic E-state index is 3.55. The van der Waals surface area contributed by atoms with Gasteiger partial charge in [0.15, 0.2) is 0 Å². The van der Waals surface area contributed by atoms with E-state index in [9.17, 15) is 0 Å². The molecule has 0 atom stereocenters. The van der Waals surface area contributed by atoms with Crippen molar-refractivity contribution < 1.29 is 0 Å². The number of fused-ring (bicyclic) bond motifs is 1. The third-order valence-electron chi connectivity index (χ3n) is 3.77. The van der Waals surface area contributed by atoms with Gasteiger partial charge in [0, 0.05) is 22.2 Å². The van der Waals surface area contributed by atoms with Crippen molar-refractivity contribution >= 4 is 10.8 Å². The number of aromatic nitrogens is 1. The SMILES string of the molecule is CCCCCCCCc1[nH]c(C)c2ccccc12. The molecule has 1 N–H and O–H groups in total. The van der Waals surface area contributed by atoms with Crippen LogP contribution < -0.4 is 0 Å². The molecule has 0 aliphatic rings. The zero-order chi connectivity index (χ0) is 12.8. The number of aryl methyl sites for hydroxylation is 2. The summed E-state index contributed by atoms with van der Waals surface area (Å²) in [6.45, 7) is 4.45. The summed E-state index contributed by atoms with van der Waals surface area (Å²) in [5.41, 5.74) is 2.74. The number of hydrogen-bond acceptors (Lipinski definition) is 0. The molecule has 0 unspecified atom stereocenters. The molecule has 98 valence electrons. The first-order valence-electron chi connectivity index (χ1n) is 7.39. The van der Waals surface area contributed by atoms with Gasteiger partial charge in [-0.25, -0.2) is 0 Å². The van der Waals surface area contributed by atoms with Gasteiger partial charge in [-0.2, -0.15) is 0 Å². The van der Waals surface area contributed by atoms with Crippen molar-refractivity contribution in [2.75, 3.05) is 0 Å². The van der Waals surface area contributed by atoms with Gasteiger partial charge >= 0.3 is 0 Å². The number of rotatable bonds is 7. The standard InChI is InChI=1S/C17H25N/c1-3-4-5-6-7-8-13-17-16-12-10-9-11-15(16)14(2)18-17/h9-12,18H,3-8,13H2,1-2H3. The van der Waals surface area contributed by atoms with Crippen LogP contribution in [0.25, 0.3) is 10.8 Å². The van der Waals surface area contributed by atoms with Crippen LogP contribution >= 0.6 is 0 Å². The van der Waals surface area contributed by atoms with E-state index in [2.05, 4.69) is 43.1 Å². The van der Waals surface area contributed by atoms with E-state index in [0.29, 0.717) is 0 Å². The number of nitrogens with one attached hydrogen (secondary N) is 1. The maximum atomic E-state index is 3.55. The summed E-state index contributed by atoms with van der Waals surface area (Å²) in [6, 6.07) is 8.72. The van der Waals surface area contributed by atoms with E-state index in [-0.39, 0.29) is 0 Å². The van der Waals surface area contributed by atoms with Crippen molar-refractivity contribution in [1.29, 1.82) is 0 Å². The first-order valence-corrected chi connectivity index (χ1v) is 7.39. The van der Waals surface area contributed by atoms with Crippen LogP contribution in [0.5, 0.6) is 0 Å². The topological polar surface area (TPSA) is 15.8 Å². The normalized spacial score (nSPS) is 11.2. The van der Waals surface area contributed by atoms with Crippen molar-refractivity contribution in [2.45, 2.75) is 58.8 Å². The van der Waals surface area contributed by atoms with Gasteiger partial charge in [0.25, 0.3) is 0 Å². The van der Waals surface area contributed by atoms with Crippen LogP contribution in [0, 0.1) is 6.92 Å². The Balaban J connectivity index is 1.88. The number of unbranched alkanes of at least 4 members (excludes halogenated alkanes) is 5. The number of benzene rings is 1. The first kappa shape index (κ1) is 13.2. The van der Waals surface area contributed by atoms with Crippen LogP contribution in [0.15, 0.2) is 24.3 Å². The summed E-state index contributed by atoms with van der Waals surface area (Å²) < 4.78 is 0. The van der Waals surface area contributed by atoms with E-state index in [1.54, 1.807) is 0 Å². The molecule has 18 heavy (non-hydrogen) atoms. The van der Waals surface area contributed by atoms with Crippen molar-refractivity contribution in [3.8, 4) is 0 Å². The molecular formula is C17H25N. The Hall–Kier alpha value is -1.24. The number of hydrogen-bond donors (Lipinski definition) is 1. The molecule has 0 aliphatic heterocycles. The second-order valence-electron chi connectivity index (χ2n) is 5.29. The summed E-state index contributed by atoms with van der Waals surface area (Å²) in [7, 11) is 0. The summed E-state index contributed by atoms with van der Waals surface area (Å²) in [6.07, 6.45) is 9.40. The second-order valence-corrected chi connectivity index (χ2v) is 5.29. The molecule has 0 amide bonds. The highest BCUT2D eigenvalue weighted by Crippen LogP contribution is 2.23. The Labute approximate surface area is 111 Å². The van der Waals surface area contributed by atoms with E-state index < -0.39 is 0 Å². The zero-order valence-electron chi connectivity index (χ0n) is 11.8. The molecule has 0 saturated heterocycles. The Morgan fingerprint density at radius 1 is 0.889 bits per heavy atom. The third kappa shape index (κ3) is 3.16. The van der Waals surface area contributed by atoms with Gasteiger partial charge in [0.2, 0.25) is 0 Å². The lowest BCUT2D eigenvalue weighted by Crippen LogP contribution is -1.87. The van der Waals surface area contributed by atoms with Gasteiger partial charge in [-0.1, -0.05) is 63.3 Å². The maximum Gasteiger partial charge on any atom is 0.0228 e. The van der Waals surface area contributed by atoms with Gasteiger partial charge in [-0.05, 0) is 19.8 Å². The number of aromatic amines is 1. The zero-order valence-corrected chi connectivity index (χ0v) is 11.8. The Morgan fingerprint density at radius 2 is 1.56 bits per heavy atom. The molecule has 0 spiro atoms. The van der Waals surface area contributed by atoms with Crippen molar-refractivity contribution in [2.24, 2.45) is 0 Å². The van der Waals surface area contributed by atoms with Crippen LogP contribution in [0.3, 0.4) is 0 Å². The first-order chi connectivity index (χ1) is 8.83. The summed E-state index contributed by atoms with van der Waals surface area (Å²) >= 11 is 0. The molecule has 1 heterocycles. The highest BCUT2D eigenvalue weighted by Gasteiger charge is 2.05. The van der Waals surface area contributed by atoms with Crippen LogP contribution in [0.2, 0.25) is 0 Å². The van der Waals surface area contributed by atoms with Gasteiger partial charge in [0.1, 0.15) is 0 Å². The van der Waals surface area contributed by atoms with E-state index in [1.807, 2.05) is 0 Å². The fraction of sp³-hybridized carbons (Fsp3) is 0.529. The molecule has 1 aromatic heterocycles. The highest BCUT2D eigenvalue weighted by molar-refractivity contribution is 5.87. The summed E-state index contributed by atoms with van der Waals surface area (Å²) in [4.78, 5) is 3.55. The largest absolute Gasteiger partial charge is 0.361 e. The quantitative estimate of drug-likeness (QED) is 0.628. The van der Waals surface area contributed by atoms with E-state index in [1.165, 1.54) is 67.1 Å². The summed E-state index contributed by atoms with van der Waals surface area (Å²) in [5.74, 6) is 0. The molecular weight excluding hydrogens is 218 g/mol. The summed E-state index contributed by atoms with van der Waals surface area (Å²) in [5, 5.41) is 2.81. The van der Waals surface area contributed by atoms with Gasteiger partial charge in [-0.3, -0.25) is 0 Å². The lowest BCUT2D eigenvalue weighted by molar-refractivity contribution is 0.606. The van der Waals surface area contributed by atoms with Crippen LogP contribution in [0.1, 0.15) is 56.8 Å². The van der Waals surface area contributed by atoms with Gasteiger partial charge in [-0.15, -0.1) is 0 Å². The van der Waals surface area contributed by atoms with E-state index >= 15 is 0 Å². The van der Waals surface area contributed by atoms with E-state index in [4.69, 9.17) is 0 Å². The minimum absolute atomic E-state index is 1.19. The van der Waals surface area contributed by atoms with Crippen molar-refractivity contribution in [1.82, 2.24) is 4.98 Å². The van der Waals surface area contributed by atoms with Crippen molar-refractivity contribution in [3.05, 3.63) is 35.7 Å². The Bertz CT molecular complexity index is 481.